The second-order valence-electron chi connectivity index (χ2n) is 4.33. The first-order valence-electron chi connectivity index (χ1n) is 5.58. The number of aliphatic hydroxyl groups is 1. The third kappa shape index (κ3) is 2.68. The van der Waals surface area contributed by atoms with E-state index in [0.717, 1.165) is 22.3 Å². The number of rotatable bonds is 2. The fourth-order valence-corrected chi connectivity index (χ4v) is 2.00. The maximum absolute atomic E-state index is 10.3. The Kier molecular flexibility index (Phi) is 3.51. The summed E-state index contributed by atoms with van der Waals surface area (Å²) in [6.45, 7) is 3.96. The number of benzene rings is 2. The molecule has 17 heavy (non-hydrogen) atoms. The molecule has 0 bridgehead atoms. The summed E-state index contributed by atoms with van der Waals surface area (Å²) >= 11 is 6.07. The van der Waals surface area contributed by atoms with E-state index in [1.165, 1.54) is 0 Å². The lowest BCUT2D eigenvalue weighted by atomic mass is 9.99. The van der Waals surface area contributed by atoms with Crippen molar-refractivity contribution in [2.24, 2.45) is 0 Å². The molecule has 1 unspecified atom stereocenters. The minimum Gasteiger partial charge on any atom is -0.384 e. The Hall–Kier alpha value is -1.31. The van der Waals surface area contributed by atoms with Crippen molar-refractivity contribution < 1.29 is 5.11 Å². The lowest BCUT2D eigenvalue weighted by Gasteiger charge is -2.13. The van der Waals surface area contributed by atoms with Crippen molar-refractivity contribution in [2.45, 2.75) is 20.0 Å². The number of halogens is 1. The highest BCUT2D eigenvalue weighted by Crippen LogP contribution is 2.26. The molecule has 0 spiro atoms. The quantitative estimate of drug-likeness (QED) is 0.848. The van der Waals surface area contributed by atoms with Gasteiger partial charge in [0, 0.05) is 5.02 Å². The molecule has 0 radical (unpaired) electrons. The van der Waals surface area contributed by atoms with Crippen LogP contribution in [0.3, 0.4) is 0 Å². The lowest BCUT2D eigenvalue weighted by molar-refractivity contribution is 0.220. The zero-order valence-electron chi connectivity index (χ0n) is 9.94. The molecule has 1 N–H and O–H groups in total. The van der Waals surface area contributed by atoms with Crippen LogP contribution in [0.5, 0.6) is 0 Å². The van der Waals surface area contributed by atoms with E-state index in [-0.39, 0.29) is 0 Å². The summed E-state index contributed by atoms with van der Waals surface area (Å²) < 4.78 is 0. The molecule has 88 valence electrons. The summed E-state index contributed by atoms with van der Waals surface area (Å²) in [5.41, 5.74) is 3.88. The Morgan fingerprint density at radius 2 is 1.71 bits per heavy atom. The van der Waals surface area contributed by atoms with Gasteiger partial charge in [-0.25, -0.2) is 0 Å². The molecule has 0 aromatic heterocycles. The molecule has 2 heteroatoms. The summed E-state index contributed by atoms with van der Waals surface area (Å²) in [4.78, 5) is 0. The Labute approximate surface area is 107 Å². The van der Waals surface area contributed by atoms with E-state index >= 15 is 0 Å². The number of aryl methyl sites for hydroxylation is 2. The van der Waals surface area contributed by atoms with E-state index in [1.54, 1.807) is 0 Å². The van der Waals surface area contributed by atoms with Crippen molar-refractivity contribution in [3.63, 3.8) is 0 Å². The van der Waals surface area contributed by atoms with Crippen LogP contribution < -0.4 is 0 Å². The first kappa shape index (κ1) is 12.2. The Bertz CT molecular complexity index is 534. The molecule has 2 aromatic rings. The molecule has 1 nitrogen and oxygen atoms in total. The third-order valence-corrected chi connectivity index (χ3v) is 3.28. The van der Waals surface area contributed by atoms with E-state index < -0.39 is 6.10 Å². The minimum absolute atomic E-state index is 0.618. The van der Waals surface area contributed by atoms with Crippen LogP contribution in [0.25, 0.3) is 0 Å². The van der Waals surface area contributed by atoms with Crippen molar-refractivity contribution in [1.29, 1.82) is 0 Å². The zero-order chi connectivity index (χ0) is 12.4. The number of aliphatic hydroxyl groups excluding tert-OH is 1. The number of hydrogen-bond acceptors (Lipinski definition) is 1. The van der Waals surface area contributed by atoms with Gasteiger partial charge in [-0.1, -0.05) is 53.6 Å². The Morgan fingerprint density at radius 3 is 2.35 bits per heavy atom. The summed E-state index contributed by atoms with van der Waals surface area (Å²) in [7, 11) is 0. The average molecular weight is 247 g/mol. The van der Waals surface area contributed by atoms with Gasteiger partial charge in [0.2, 0.25) is 0 Å². The molecule has 2 rings (SSSR count). The SMILES string of the molecule is Cc1cccc(C(O)c2ccc(C)c(Cl)c2)c1. The molecule has 0 fully saturated rings. The van der Waals surface area contributed by atoms with Gasteiger partial charge in [-0.3, -0.25) is 0 Å². The largest absolute Gasteiger partial charge is 0.384 e. The van der Waals surface area contributed by atoms with Crippen molar-refractivity contribution in [3.05, 3.63) is 69.7 Å². The smallest absolute Gasteiger partial charge is 0.104 e. The van der Waals surface area contributed by atoms with Crippen LogP contribution in [0, 0.1) is 13.8 Å². The first-order chi connectivity index (χ1) is 8.08. The molecule has 0 heterocycles. The predicted octanol–water partition coefficient (Wildman–Crippen LogP) is 4.04. The fourth-order valence-electron chi connectivity index (χ4n) is 1.81. The lowest BCUT2D eigenvalue weighted by Crippen LogP contribution is -2.00. The average Bonchev–Trinajstić information content (AvgIpc) is 2.32. The highest BCUT2D eigenvalue weighted by atomic mass is 35.5. The molecular formula is C15H15ClO. The van der Waals surface area contributed by atoms with Crippen LogP contribution >= 0.6 is 11.6 Å². The van der Waals surface area contributed by atoms with Crippen molar-refractivity contribution in [2.75, 3.05) is 0 Å². The standard InChI is InChI=1S/C15H15ClO/c1-10-4-3-5-12(8-10)15(17)13-7-6-11(2)14(16)9-13/h3-9,15,17H,1-2H3. The van der Waals surface area contributed by atoms with E-state index in [2.05, 4.69) is 0 Å². The Balaban J connectivity index is 2.36. The molecule has 1 atom stereocenters. The maximum atomic E-state index is 10.3. The minimum atomic E-state index is -0.618. The van der Waals surface area contributed by atoms with Gasteiger partial charge in [-0.05, 0) is 36.6 Å². The van der Waals surface area contributed by atoms with E-state index in [0.29, 0.717) is 5.02 Å². The highest BCUT2D eigenvalue weighted by Gasteiger charge is 2.11. The van der Waals surface area contributed by atoms with Gasteiger partial charge in [-0.2, -0.15) is 0 Å². The summed E-state index contributed by atoms with van der Waals surface area (Å²) in [5.74, 6) is 0. The van der Waals surface area contributed by atoms with Crippen LogP contribution in [-0.2, 0) is 0 Å². The number of hydrogen-bond donors (Lipinski definition) is 1. The summed E-state index contributed by atoms with van der Waals surface area (Å²) in [5, 5.41) is 11.0. The van der Waals surface area contributed by atoms with Crippen LogP contribution in [0.15, 0.2) is 42.5 Å². The molecular weight excluding hydrogens is 232 g/mol. The topological polar surface area (TPSA) is 20.2 Å². The van der Waals surface area contributed by atoms with Gasteiger partial charge in [0.05, 0.1) is 0 Å². The zero-order valence-corrected chi connectivity index (χ0v) is 10.7. The van der Waals surface area contributed by atoms with Gasteiger partial charge < -0.3 is 5.11 Å². The third-order valence-electron chi connectivity index (χ3n) is 2.87. The van der Waals surface area contributed by atoms with Crippen molar-refractivity contribution in [1.82, 2.24) is 0 Å². The van der Waals surface area contributed by atoms with Gasteiger partial charge in [0.1, 0.15) is 6.10 Å². The van der Waals surface area contributed by atoms with Crippen LogP contribution in [0.2, 0.25) is 5.02 Å². The fraction of sp³-hybridized carbons (Fsp3) is 0.200. The first-order valence-corrected chi connectivity index (χ1v) is 5.96. The van der Waals surface area contributed by atoms with Crippen molar-refractivity contribution in [3.8, 4) is 0 Å². The molecule has 0 amide bonds. The van der Waals surface area contributed by atoms with Crippen molar-refractivity contribution >= 4 is 11.6 Å². The molecule has 0 aliphatic heterocycles. The molecule has 0 aliphatic rings. The maximum Gasteiger partial charge on any atom is 0.104 e. The summed E-state index contributed by atoms with van der Waals surface area (Å²) in [6, 6.07) is 13.5. The molecule has 2 aromatic carbocycles. The molecule has 0 saturated heterocycles. The molecule has 0 saturated carbocycles. The second kappa shape index (κ2) is 4.91. The Morgan fingerprint density at radius 1 is 1.00 bits per heavy atom. The second-order valence-corrected chi connectivity index (χ2v) is 4.73. The van der Waals surface area contributed by atoms with Gasteiger partial charge in [-0.15, -0.1) is 0 Å². The monoisotopic (exact) mass is 246 g/mol. The van der Waals surface area contributed by atoms with E-state index in [1.807, 2.05) is 56.3 Å². The molecule has 0 aliphatic carbocycles. The van der Waals surface area contributed by atoms with Crippen LogP contribution in [0.4, 0.5) is 0 Å². The van der Waals surface area contributed by atoms with E-state index in [4.69, 9.17) is 11.6 Å². The van der Waals surface area contributed by atoms with Gasteiger partial charge in [0.25, 0.3) is 0 Å². The van der Waals surface area contributed by atoms with Gasteiger partial charge >= 0.3 is 0 Å². The highest BCUT2D eigenvalue weighted by molar-refractivity contribution is 6.31. The van der Waals surface area contributed by atoms with Crippen LogP contribution in [-0.4, -0.2) is 5.11 Å². The van der Waals surface area contributed by atoms with E-state index in [9.17, 15) is 5.11 Å². The predicted molar refractivity (Wildman–Crippen MR) is 71.4 cm³/mol. The summed E-state index contributed by atoms with van der Waals surface area (Å²) in [6.07, 6.45) is -0.618. The normalized spacial score (nSPS) is 12.5. The van der Waals surface area contributed by atoms with Gasteiger partial charge in [0.15, 0.2) is 0 Å². The van der Waals surface area contributed by atoms with Crippen LogP contribution in [0.1, 0.15) is 28.4 Å².